The first-order valence-corrected chi connectivity index (χ1v) is 13.9. The number of anilines is 1. The standard InChI is InChI=1S/C29H32N2O2Si/c1-9-34(8)25-16-21(30(4)5)10-12-23(25)28(24-13-11-22(31(6)7)17-26(24)34)27-18(2)14-20(29(32)33)15-19(27)3/h10-17H,1H2,2-8H3,(H,32,33)/p-1. The average Bonchev–Trinajstić information content (AvgIpc) is 2.79. The maximum absolute atomic E-state index is 11.6. The van der Waals surface area contributed by atoms with Gasteiger partial charge < -0.3 is 20.5 Å². The van der Waals surface area contributed by atoms with Gasteiger partial charge in [-0.1, -0.05) is 23.0 Å². The molecule has 0 fully saturated rings. The molecule has 4 nitrogen and oxygen atoms in total. The highest BCUT2D eigenvalue weighted by Crippen LogP contribution is 2.43. The van der Waals surface area contributed by atoms with Gasteiger partial charge in [0.05, 0.1) is 5.97 Å². The molecule has 5 heteroatoms. The van der Waals surface area contributed by atoms with Crippen LogP contribution in [-0.4, -0.2) is 52.5 Å². The normalized spacial score (nSPS) is 18.8. The number of benzene rings is 2. The Labute approximate surface area is 203 Å². The second-order valence-electron chi connectivity index (χ2n) is 9.70. The van der Waals surface area contributed by atoms with E-state index in [4.69, 9.17) is 0 Å². The maximum Gasteiger partial charge on any atom is 0.199 e. The molecule has 1 heterocycles. The zero-order chi connectivity index (χ0) is 24.9. The van der Waals surface area contributed by atoms with E-state index in [1.807, 2.05) is 13.8 Å². The van der Waals surface area contributed by atoms with Crippen LogP contribution in [0.2, 0.25) is 6.55 Å². The van der Waals surface area contributed by atoms with Crippen molar-refractivity contribution in [3.05, 3.63) is 99.4 Å². The Hall–Kier alpha value is -3.44. The summed E-state index contributed by atoms with van der Waals surface area (Å²) in [6.45, 7) is 10.5. The molecule has 2 aromatic carbocycles. The number of allylic oxidation sites excluding steroid dienone is 5. The molecule has 4 rings (SSSR count). The van der Waals surface area contributed by atoms with Gasteiger partial charge in [-0.2, -0.15) is 0 Å². The van der Waals surface area contributed by atoms with Gasteiger partial charge in [0.15, 0.2) is 5.71 Å². The van der Waals surface area contributed by atoms with E-state index in [1.54, 1.807) is 12.1 Å². The van der Waals surface area contributed by atoms with Crippen LogP contribution in [0.4, 0.5) is 5.69 Å². The lowest BCUT2D eigenvalue weighted by molar-refractivity contribution is -0.462. The second-order valence-corrected chi connectivity index (χ2v) is 13.4. The SMILES string of the molecule is C=[C-][Si]1(C)C2=CC(=[N+](C)C)C=CC2=C(c2c(C)cc(C(=O)[O-])cc2C)c2ccc(N(C)C)cc21. The fraction of sp³-hybridized carbons (Fsp3) is 0.241. The van der Waals surface area contributed by atoms with Crippen molar-refractivity contribution < 1.29 is 14.5 Å². The van der Waals surface area contributed by atoms with Gasteiger partial charge in [-0.25, -0.2) is 4.58 Å². The number of aromatic carboxylic acids is 1. The molecule has 1 aliphatic carbocycles. The number of fused-ring (bicyclic) bond motifs is 2. The fourth-order valence-electron chi connectivity index (χ4n) is 5.11. The van der Waals surface area contributed by atoms with Crippen molar-refractivity contribution in [2.75, 3.05) is 33.1 Å². The zero-order valence-corrected chi connectivity index (χ0v) is 22.0. The Morgan fingerprint density at radius 2 is 1.74 bits per heavy atom. The number of hydrogen-bond acceptors (Lipinski definition) is 3. The number of aryl methyl sites for hydroxylation is 2. The average molecular weight is 468 g/mol. The summed E-state index contributed by atoms with van der Waals surface area (Å²) < 4.78 is 2.12. The van der Waals surface area contributed by atoms with Crippen molar-refractivity contribution in [3.63, 3.8) is 0 Å². The van der Waals surface area contributed by atoms with E-state index in [1.165, 1.54) is 21.5 Å². The van der Waals surface area contributed by atoms with Crippen LogP contribution < -0.4 is 15.2 Å². The highest BCUT2D eigenvalue weighted by atomic mass is 28.3. The summed E-state index contributed by atoms with van der Waals surface area (Å²) in [7, 11) is 5.83. The van der Waals surface area contributed by atoms with Crippen molar-refractivity contribution >= 4 is 36.2 Å². The van der Waals surface area contributed by atoms with Crippen molar-refractivity contribution in [3.8, 4) is 0 Å². The topological polar surface area (TPSA) is 46.4 Å². The van der Waals surface area contributed by atoms with Crippen LogP contribution in [-0.2, 0) is 0 Å². The minimum atomic E-state index is -2.38. The number of rotatable bonds is 4. The lowest BCUT2D eigenvalue weighted by Gasteiger charge is -2.46. The van der Waals surface area contributed by atoms with Crippen LogP contribution in [0.1, 0.15) is 32.6 Å². The second kappa shape index (κ2) is 8.40. The summed E-state index contributed by atoms with van der Waals surface area (Å²) in [4.78, 5) is 13.7. The Balaban J connectivity index is 2.16. The number of nitrogens with zero attached hydrogens (tertiary/aromatic N) is 2. The number of carboxylic acids is 1. The van der Waals surface area contributed by atoms with Crippen LogP contribution in [0.25, 0.3) is 5.57 Å². The van der Waals surface area contributed by atoms with Gasteiger partial charge in [0, 0.05) is 31.9 Å². The molecular weight excluding hydrogens is 436 g/mol. The molecule has 0 radical (unpaired) electrons. The van der Waals surface area contributed by atoms with E-state index < -0.39 is 14.0 Å². The largest absolute Gasteiger partial charge is 0.545 e. The number of carbonyl (C=O) groups excluding carboxylic acids is 1. The smallest absolute Gasteiger partial charge is 0.199 e. The van der Waals surface area contributed by atoms with E-state index in [2.05, 4.69) is 92.9 Å². The quantitative estimate of drug-likeness (QED) is 0.394. The summed E-state index contributed by atoms with van der Waals surface area (Å²) in [6.07, 6.45) is 6.64. The molecule has 0 N–H and O–H groups in total. The van der Waals surface area contributed by atoms with E-state index in [0.717, 1.165) is 33.7 Å². The predicted octanol–water partition coefficient (Wildman–Crippen LogP) is 3.11. The Morgan fingerprint density at radius 1 is 1.09 bits per heavy atom. The number of carboxylic acid groups (broad SMARTS) is 1. The zero-order valence-electron chi connectivity index (χ0n) is 21.0. The van der Waals surface area contributed by atoms with Crippen molar-refractivity contribution in [2.24, 2.45) is 0 Å². The Bertz CT molecular complexity index is 1350. The maximum atomic E-state index is 11.6. The van der Waals surface area contributed by atoms with Crippen molar-refractivity contribution in [1.29, 1.82) is 0 Å². The molecule has 0 saturated carbocycles. The van der Waals surface area contributed by atoms with Gasteiger partial charge >= 0.3 is 0 Å². The molecule has 0 aromatic heterocycles. The highest BCUT2D eigenvalue weighted by molar-refractivity contribution is 7.01. The Morgan fingerprint density at radius 3 is 2.26 bits per heavy atom. The molecule has 34 heavy (non-hydrogen) atoms. The molecule has 174 valence electrons. The van der Waals surface area contributed by atoms with Crippen LogP contribution in [0, 0.1) is 19.5 Å². The summed E-state index contributed by atoms with van der Waals surface area (Å²) in [5.74, 6) is -1.15. The van der Waals surface area contributed by atoms with Crippen LogP contribution in [0.15, 0.2) is 65.9 Å². The molecular formula is C29H31N2O2Si-. The summed E-state index contributed by atoms with van der Waals surface area (Å²) in [5, 5.41) is 14.1. The summed E-state index contributed by atoms with van der Waals surface area (Å²) in [6, 6.07) is 10.1. The summed E-state index contributed by atoms with van der Waals surface area (Å²) in [5.41, 5.74) is 12.4. The molecule has 2 aromatic rings. The van der Waals surface area contributed by atoms with E-state index in [-0.39, 0.29) is 5.56 Å². The van der Waals surface area contributed by atoms with Gasteiger partial charge in [0.2, 0.25) is 0 Å². The first-order valence-electron chi connectivity index (χ1n) is 11.4. The van der Waals surface area contributed by atoms with E-state index in [0.29, 0.717) is 0 Å². The van der Waals surface area contributed by atoms with E-state index in [9.17, 15) is 9.90 Å². The molecule has 1 atom stereocenters. The lowest BCUT2D eigenvalue weighted by atomic mass is 9.84. The monoisotopic (exact) mass is 467 g/mol. The predicted molar refractivity (Wildman–Crippen MR) is 141 cm³/mol. The van der Waals surface area contributed by atoms with Gasteiger partial charge in [-0.15, -0.1) is 0 Å². The molecule has 0 bridgehead atoms. The lowest BCUT2D eigenvalue weighted by Crippen LogP contribution is -2.51. The third-order valence-electron chi connectivity index (χ3n) is 7.03. The highest BCUT2D eigenvalue weighted by Gasteiger charge is 2.36. The molecule has 0 amide bonds. The van der Waals surface area contributed by atoms with Crippen LogP contribution in [0.5, 0.6) is 0 Å². The van der Waals surface area contributed by atoms with Crippen LogP contribution in [0.3, 0.4) is 0 Å². The molecule has 0 spiro atoms. The minimum absolute atomic E-state index is 0.208. The number of hydrogen-bond donors (Lipinski definition) is 0. The van der Waals surface area contributed by atoms with Crippen molar-refractivity contribution in [1.82, 2.24) is 0 Å². The third kappa shape index (κ3) is 3.61. The van der Waals surface area contributed by atoms with Gasteiger partial charge in [-0.05, 0) is 91.2 Å². The van der Waals surface area contributed by atoms with Gasteiger partial charge in [-0.3, -0.25) is 6.58 Å². The van der Waals surface area contributed by atoms with Gasteiger partial charge in [0.25, 0.3) is 0 Å². The van der Waals surface area contributed by atoms with Gasteiger partial charge in [0.1, 0.15) is 14.1 Å². The third-order valence-corrected chi connectivity index (χ3v) is 10.7. The Kier molecular flexibility index (Phi) is 5.86. The van der Waals surface area contributed by atoms with Crippen LogP contribution >= 0.6 is 0 Å². The number of carbonyl (C=O) groups is 1. The van der Waals surface area contributed by atoms with Crippen molar-refractivity contribution in [2.45, 2.75) is 20.4 Å². The molecule has 0 saturated heterocycles. The minimum Gasteiger partial charge on any atom is -0.545 e. The first-order chi connectivity index (χ1) is 16.0. The molecule has 1 unspecified atom stereocenters. The van der Waals surface area contributed by atoms with E-state index >= 15 is 0 Å². The summed E-state index contributed by atoms with van der Waals surface area (Å²) >= 11 is 0. The molecule has 1 aliphatic heterocycles. The first kappa shape index (κ1) is 23.7. The molecule has 2 aliphatic rings. The fourth-order valence-corrected chi connectivity index (χ4v) is 8.15.